The standard InChI is InChI=1S/C15H22Br2O5Si/c1-23(2,3)5-4-21-9-22-14-11(16)6-10(7-12(14)17)8-13(18)15(19)20/h6-7,13,18H,4-5,8-9H2,1-3H3,(H,19,20). The van der Waals surface area contributed by atoms with Gasteiger partial charge >= 0.3 is 5.97 Å². The zero-order valence-electron chi connectivity index (χ0n) is 13.4. The van der Waals surface area contributed by atoms with E-state index in [2.05, 4.69) is 51.5 Å². The van der Waals surface area contributed by atoms with Crippen molar-refractivity contribution in [2.24, 2.45) is 0 Å². The molecule has 130 valence electrons. The minimum Gasteiger partial charge on any atom is -0.479 e. The van der Waals surface area contributed by atoms with Crippen molar-refractivity contribution in [1.82, 2.24) is 0 Å². The molecule has 0 amide bonds. The van der Waals surface area contributed by atoms with Crippen LogP contribution in [-0.4, -0.2) is 43.8 Å². The molecule has 8 heteroatoms. The fourth-order valence-electron chi connectivity index (χ4n) is 1.72. The molecule has 0 spiro atoms. The third-order valence-corrected chi connectivity index (χ3v) is 5.94. The fourth-order valence-corrected chi connectivity index (χ4v) is 3.98. The van der Waals surface area contributed by atoms with Crippen LogP contribution in [0, 0.1) is 0 Å². The third kappa shape index (κ3) is 7.80. The van der Waals surface area contributed by atoms with Gasteiger partial charge in [0.05, 0.1) is 8.95 Å². The fraction of sp³-hybridized carbons (Fsp3) is 0.533. The van der Waals surface area contributed by atoms with Crippen LogP contribution in [0.2, 0.25) is 25.7 Å². The van der Waals surface area contributed by atoms with E-state index in [1.54, 1.807) is 12.1 Å². The summed E-state index contributed by atoms with van der Waals surface area (Å²) in [5, 5.41) is 18.2. The summed E-state index contributed by atoms with van der Waals surface area (Å²) in [4.78, 5) is 10.7. The van der Waals surface area contributed by atoms with Crippen LogP contribution in [0.25, 0.3) is 0 Å². The number of hydrogen-bond donors (Lipinski definition) is 2. The van der Waals surface area contributed by atoms with Crippen LogP contribution in [0.15, 0.2) is 21.1 Å². The first-order valence-electron chi connectivity index (χ1n) is 7.19. The van der Waals surface area contributed by atoms with Gasteiger partial charge in [-0.25, -0.2) is 4.79 Å². The minimum atomic E-state index is -1.43. The Labute approximate surface area is 154 Å². The Hall–Kier alpha value is -0.413. The van der Waals surface area contributed by atoms with Gasteiger partial charge in [-0.1, -0.05) is 19.6 Å². The molecule has 0 saturated heterocycles. The number of benzene rings is 1. The molecule has 23 heavy (non-hydrogen) atoms. The monoisotopic (exact) mass is 468 g/mol. The maximum absolute atomic E-state index is 10.7. The molecule has 1 unspecified atom stereocenters. The first-order chi connectivity index (χ1) is 10.6. The second kappa shape index (κ2) is 9.17. The predicted octanol–water partition coefficient (Wildman–Crippen LogP) is 3.89. The summed E-state index contributed by atoms with van der Waals surface area (Å²) >= 11 is 6.79. The second-order valence-electron chi connectivity index (χ2n) is 6.43. The van der Waals surface area contributed by atoms with Crippen molar-refractivity contribution < 1.29 is 24.5 Å². The van der Waals surface area contributed by atoms with Crippen LogP contribution in [0.3, 0.4) is 0 Å². The van der Waals surface area contributed by atoms with Gasteiger partial charge in [-0.05, 0) is 55.6 Å². The largest absolute Gasteiger partial charge is 0.479 e. The van der Waals surface area contributed by atoms with Gasteiger partial charge in [0.15, 0.2) is 18.6 Å². The average Bonchev–Trinajstić information content (AvgIpc) is 2.39. The van der Waals surface area contributed by atoms with Gasteiger partial charge in [-0.2, -0.15) is 0 Å². The smallest absolute Gasteiger partial charge is 0.332 e. The van der Waals surface area contributed by atoms with E-state index < -0.39 is 20.1 Å². The first-order valence-corrected chi connectivity index (χ1v) is 12.5. The maximum atomic E-state index is 10.7. The highest BCUT2D eigenvalue weighted by Gasteiger charge is 2.17. The molecule has 0 heterocycles. The number of carboxylic acids is 1. The molecule has 0 aliphatic carbocycles. The van der Waals surface area contributed by atoms with E-state index >= 15 is 0 Å². The number of ether oxygens (including phenoxy) is 2. The van der Waals surface area contributed by atoms with Crippen LogP contribution in [0.5, 0.6) is 5.75 Å². The van der Waals surface area contributed by atoms with Gasteiger partial charge in [0.1, 0.15) is 0 Å². The molecule has 0 aliphatic heterocycles. The molecule has 0 radical (unpaired) electrons. The molecule has 2 N–H and O–H groups in total. The number of rotatable bonds is 9. The Morgan fingerprint density at radius 3 is 2.30 bits per heavy atom. The molecule has 0 aliphatic rings. The molecule has 0 bridgehead atoms. The van der Waals surface area contributed by atoms with Gasteiger partial charge in [0, 0.05) is 21.1 Å². The number of hydrogen-bond acceptors (Lipinski definition) is 4. The summed E-state index contributed by atoms with van der Waals surface area (Å²) in [7, 11) is -1.11. The zero-order valence-corrected chi connectivity index (χ0v) is 17.6. The normalized spacial score (nSPS) is 13.0. The van der Waals surface area contributed by atoms with Gasteiger partial charge in [-0.15, -0.1) is 0 Å². The predicted molar refractivity (Wildman–Crippen MR) is 98.8 cm³/mol. The summed E-state index contributed by atoms with van der Waals surface area (Å²) in [5.41, 5.74) is 0.686. The summed E-state index contributed by atoms with van der Waals surface area (Å²) < 4.78 is 12.5. The minimum absolute atomic E-state index is 0.0273. The highest BCUT2D eigenvalue weighted by atomic mass is 79.9. The molecule has 5 nitrogen and oxygen atoms in total. The molecular formula is C15H22Br2O5Si. The van der Waals surface area contributed by atoms with Crippen LogP contribution in [-0.2, 0) is 16.0 Å². The van der Waals surface area contributed by atoms with Crippen molar-refractivity contribution >= 4 is 45.9 Å². The van der Waals surface area contributed by atoms with Crippen molar-refractivity contribution in [2.45, 2.75) is 38.2 Å². The molecule has 1 aromatic rings. The lowest BCUT2D eigenvalue weighted by molar-refractivity contribution is -0.146. The van der Waals surface area contributed by atoms with Crippen LogP contribution in [0.1, 0.15) is 5.56 Å². The van der Waals surface area contributed by atoms with E-state index in [9.17, 15) is 9.90 Å². The van der Waals surface area contributed by atoms with Crippen molar-refractivity contribution in [1.29, 1.82) is 0 Å². The quantitative estimate of drug-likeness (QED) is 0.326. The van der Waals surface area contributed by atoms with E-state index in [4.69, 9.17) is 14.6 Å². The Kier molecular flexibility index (Phi) is 8.23. The van der Waals surface area contributed by atoms with Crippen molar-refractivity contribution in [3.05, 3.63) is 26.6 Å². The van der Waals surface area contributed by atoms with Crippen molar-refractivity contribution in [3.8, 4) is 5.75 Å². The molecule has 1 atom stereocenters. The summed E-state index contributed by atoms with van der Waals surface area (Å²) in [6.07, 6.45) is -1.40. The number of aliphatic hydroxyl groups excluding tert-OH is 1. The SMILES string of the molecule is C[Si](C)(C)CCOCOc1c(Br)cc(CC(O)C(=O)O)cc1Br. The zero-order chi connectivity index (χ0) is 17.6. The summed E-state index contributed by atoms with van der Waals surface area (Å²) in [6, 6.07) is 4.54. The number of carboxylic acid groups (broad SMARTS) is 1. The molecule has 1 aromatic carbocycles. The Balaban J connectivity index is 2.59. The van der Waals surface area contributed by atoms with Crippen LogP contribution in [0.4, 0.5) is 0 Å². The van der Waals surface area contributed by atoms with Gasteiger partial charge in [0.25, 0.3) is 0 Å². The number of carbonyl (C=O) groups is 1. The first kappa shape index (κ1) is 20.6. The van der Waals surface area contributed by atoms with E-state index in [0.717, 1.165) is 6.04 Å². The molecule has 0 saturated carbocycles. The number of aliphatic hydroxyl groups is 1. The highest BCUT2D eigenvalue weighted by molar-refractivity contribution is 9.11. The van der Waals surface area contributed by atoms with E-state index in [-0.39, 0.29) is 13.2 Å². The summed E-state index contributed by atoms with van der Waals surface area (Å²) in [5.74, 6) is -0.653. The van der Waals surface area contributed by atoms with E-state index in [1.165, 1.54) is 0 Å². The molecule has 0 fully saturated rings. The second-order valence-corrected chi connectivity index (χ2v) is 13.8. The Morgan fingerprint density at radius 1 is 1.26 bits per heavy atom. The van der Waals surface area contributed by atoms with Gasteiger partial charge < -0.3 is 19.7 Å². The summed E-state index contributed by atoms with van der Waals surface area (Å²) in [6.45, 7) is 7.69. The van der Waals surface area contributed by atoms with Crippen molar-refractivity contribution in [2.75, 3.05) is 13.4 Å². The Morgan fingerprint density at radius 2 is 1.83 bits per heavy atom. The Bertz CT molecular complexity index is 522. The number of halogens is 2. The third-order valence-electron chi connectivity index (χ3n) is 3.06. The topological polar surface area (TPSA) is 76.0 Å². The van der Waals surface area contributed by atoms with Crippen LogP contribution >= 0.6 is 31.9 Å². The lowest BCUT2D eigenvalue weighted by Gasteiger charge is -2.16. The van der Waals surface area contributed by atoms with E-state index in [0.29, 0.717) is 26.9 Å². The lowest BCUT2D eigenvalue weighted by atomic mass is 10.1. The van der Waals surface area contributed by atoms with E-state index in [1.807, 2.05) is 0 Å². The number of aliphatic carboxylic acids is 1. The van der Waals surface area contributed by atoms with Crippen LogP contribution < -0.4 is 4.74 Å². The average molecular weight is 470 g/mol. The molecular weight excluding hydrogens is 448 g/mol. The maximum Gasteiger partial charge on any atom is 0.332 e. The van der Waals surface area contributed by atoms with Crippen molar-refractivity contribution in [3.63, 3.8) is 0 Å². The molecule has 0 aromatic heterocycles. The molecule has 1 rings (SSSR count). The van der Waals surface area contributed by atoms with Gasteiger partial charge in [0.2, 0.25) is 0 Å². The highest BCUT2D eigenvalue weighted by Crippen LogP contribution is 2.35. The lowest BCUT2D eigenvalue weighted by Crippen LogP contribution is -2.22. The van der Waals surface area contributed by atoms with Gasteiger partial charge in [-0.3, -0.25) is 0 Å².